The van der Waals surface area contributed by atoms with Gasteiger partial charge in [-0.2, -0.15) is 0 Å². The first-order valence-corrected chi connectivity index (χ1v) is 7.78. The van der Waals surface area contributed by atoms with Gasteiger partial charge in [-0.25, -0.2) is 0 Å². The zero-order chi connectivity index (χ0) is 11.6. The van der Waals surface area contributed by atoms with Crippen molar-refractivity contribution in [1.82, 2.24) is 0 Å². The maximum atomic E-state index is 6.29. The van der Waals surface area contributed by atoms with E-state index in [0.717, 1.165) is 0 Å². The third-order valence-electron chi connectivity index (χ3n) is 4.28. The Kier molecular flexibility index (Phi) is 4.34. The van der Waals surface area contributed by atoms with Crippen LogP contribution in [-0.2, 0) is 4.74 Å². The minimum Gasteiger partial charge on any atom is -0.374 e. The zero-order valence-corrected chi connectivity index (χ0v) is 12.3. The lowest BCUT2D eigenvalue weighted by atomic mass is 9.76. The van der Waals surface area contributed by atoms with E-state index < -0.39 is 0 Å². The molecule has 0 aliphatic heterocycles. The van der Waals surface area contributed by atoms with Crippen LogP contribution in [0.15, 0.2) is 0 Å². The molecule has 2 heteroatoms. The molecule has 0 aromatic carbocycles. The van der Waals surface area contributed by atoms with Gasteiger partial charge in [0.05, 0.1) is 12.2 Å². The van der Waals surface area contributed by atoms with Crippen LogP contribution in [0.25, 0.3) is 0 Å². The van der Waals surface area contributed by atoms with E-state index >= 15 is 0 Å². The molecule has 1 nitrogen and oxygen atoms in total. The van der Waals surface area contributed by atoms with E-state index in [1.165, 1.54) is 51.4 Å². The molecular formula is C14H25BrO. The van der Waals surface area contributed by atoms with Crippen LogP contribution in [-0.4, -0.2) is 17.0 Å². The Labute approximate surface area is 108 Å². The van der Waals surface area contributed by atoms with E-state index in [9.17, 15) is 0 Å². The molecular weight excluding hydrogens is 264 g/mol. The van der Waals surface area contributed by atoms with Crippen molar-refractivity contribution >= 4 is 15.9 Å². The van der Waals surface area contributed by atoms with Gasteiger partial charge in [0.1, 0.15) is 0 Å². The second-order valence-electron chi connectivity index (χ2n) is 6.34. The summed E-state index contributed by atoms with van der Waals surface area (Å²) in [5, 5.41) is 0. The number of ether oxygens (including phenoxy) is 1. The summed E-state index contributed by atoms with van der Waals surface area (Å²) >= 11 is 3.78. The van der Waals surface area contributed by atoms with Crippen molar-refractivity contribution in [1.29, 1.82) is 0 Å². The average molecular weight is 289 g/mol. The first-order valence-electron chi connectivity index (χ1n) is 6.86. The summed E-state index contributed by atoms with van der Waals surface area (Å²) in [5.41, 5.74) is 0.556. The number of hydrogen-bond donors (Lipinski definition) is 0. The highest BCUT2D eigenvalue weighted by molar-refractivity contribution is 9.09. The van der Waals surface area contributed by atoms with Crippen molar-refractivity contribution in [2.75, 3.05) is 0 Å². The van der Waals surface area contributed by atoms with Crippen LogP contribution in [0.2, 0.25) is 0 Å². The molecule has 0 radical (unpaired) electrons. The molecule has 2 unspecified atom stereocenters. The minimum atomic E-state index is 0.486. The fourth-order valence-corrected chi connectivity index (χ4v) is 3.67. The van der Waals surface area contributed by atoms with Crippen molar-refractivity contribution in [3.63, 3.8) is 0 Å². The number of halogens is 1. The molecule has 2 aliphatic rings. The van der Waals surface area contributed by atoms with Gasteiger partial charge in [-0.15, -0.1) is 0 Å². The van der Waals surface area contributed by atoms with Crippen LogP contribution in [0.3, 0.4) is 0 Å². The van der Waals surface area contributed by atoms with Gasteiger partial charge >= 0.3 is 0 Å². The third-order valence-corrected chi connectivity index (χ3v) is 5.32. The van der Waals surface area contributed by atoms with Gasteiger partial charge in [-0.05, 0) is 43.9 Å². The second-order valence-corrected chi connectivity index (χ2v) is 7.51. The van der Waals surface area contributed by atoms with Gasteiger partial charge < -0.3 is 4.74 Å². The smallest absolute Gasteiger partial charge is 0.0703 e. The number of hydrogen-bond acceptors (Lipinski definition) is 1. The van der Waals surface area contributed by atoms with Gasteiger partial charge in [0.15, 0.2) is 0 Å². The lowest BCUT2D eigenvalue weighted by Crippen LogP contribution is -2.35. The van der Waals surface area contributed by atoms with Crippen molar-refractivity contribution < 1.29 is 4.74 Å². The molecule has 2 rings (SSSR count). The maximum absolute atomic E-state index is 6.29. The molecule has 0 bridgehead atoms. The fourth-order valence-electron chi connectivity index (χ4n) is 2.96. The van der Waals surface area contributed by atoms with Crippen LogP contribution in [0.5, 0.6) is 0 Å². The Balaban J connectivity index is 1.77. The van der Waals surface area contributed by atoms with E-state index in [0.29, 0.717) is 22.5 Å². The first-order chi connectivity index (χ1) is 7.57. The van der Waals surface area contributed by atoms with Crippen molar-refractivity contribution in [3.05, 3.63) is 0 Å². The monoisotopic (exact) mass is 288 g/mol. The molecule has 2 fully saturated rings. The first kappa shape index (κ1) is 12.9. The molecule has 94 valence electrons. The van der Waals surface area contributed by atoms with Gasteiger partial charge in [0.2, 0.25) is 0 Å². The molecule has 0 aromatic rings. The molecule has 0 N–H and O–H groups in total. The molecule has 0 aromatic heterocycles. The maximum Gasteiger partial charge on any atom is 0.0703 e. The van der Waals surface area contributed by atoms with Gasteiger partial charge in [-0.1, -0.05) is 42.6 Å². The summed E-state index contributed by atoms with van der Waals surface area (Å²) in [6.07, 6.45) is 11.5. The highest BCUT2D eigenvalue weighted by Crippen LogP contribution is 2.38. The second kappa shape index (κ2) is 5.39. The zero-order valence-electron chi connectivity index (χ0n) is 10.7. The summed E-state index contributed by atoms with van der Waals surface area (Å²) in [4.78, 5) is 0.608. The van der Waals surface area contributed by atoms with E-state index in [4.69, 9.17) is 4.74 Å². The Bertz CT molecular complexity index is 217. The largest absolute Gasteiger partial charge is 0.374 e. The number of alkyl halides is 1. The predicted molar refractivity (Wildman–Crippen MR) is 72.1 cm³/mol. The van der Waals surface area contributed by atoms with E-state index in [2.05, 4.69) is 29.8 Å². The Morgan fingerprint density at radius 1 is 1.00 bits per heavy atom. The molecule has 2 saturated carbocycles. The average Bonchev–Trinajstić information content (AvgIpc) is 2.24. The van der Waals surface area contributed by atoms with E-state index in [-0.39, 0.29) is 0 Å². The number of rotatable bonds is 2. The molecule has 16 heavy (non-hydrogen) atoms. The molecule has 0 saturated heterocycles. The van der Waals surface area contributed by atoms with Crippen LogP contribution in [0.4, 0.5) is 0 Å². The Morgan fingerprint density at radius 3 is 2.25 bits per heavy atom. The highest BCUT2D eigenvalue weighted by atomic mass is 79.9. The summed E-state index contributed by atoms with van der Waals surface area (Å²) in [6, 6.07) is 0. The molecule has 0 amide bonds. The SMILES string of the molecule is CC1(C)CCC(OC2CCCCC2Br)CC1. The summed E-state index contributed by atoms with van der Waals surface area (Å²) in [5.74, 6) is 0. The van der Waals surface area contributed by atoms with E-state index in [1.54, 1.807) is 0 Å². The molecule has 0 heterocycles. The van der Waals surface area contributed by atoms with Crippen LogP contribution in [0.1, 0.15) is 65.2 Å². The topological polar surface area (TPSA) is 9.23 Å². The standard InChI is InChI=1S/C14H25BrO/c1-14(2)9-7-11(8-10-14)16-13-6-4-3-5-12(13)15/h11-13H,3-10H2,1-2H3. The third kappa shape index (κ3) is 3.46. The van der Waals surface area contributed by atoms with Crippen LogP contribution < -0.4 is 0 Å². The Hall–Kier alpha value is 0.440. The molecule has 2 atom stereocenters. The molecule has 2 aliphatic carbocycles. The van der Waals surface area contributed by atoms with Crippen LogP contribution in [0, 0.1) is 5.41 Å². The minimum absolute atomic E-state index is 0.486. The summed E-state index contributed by atoms with van der Waals surface area (Å²) in [6.45, 7) is 4.77. The van der Waals surface area contributed by atoms with Gasteiger partial charge in [0, 0.05) is 4.83 Å². The van der Waals surface area contributed by atoms with Crippen molar-refractivity contribution in [2.45, 2.75) is 82.2 Å². The lowest BCUT2D eigenvalue weighted by molar-refractivity contribution is -0.0545. The quantitative estimate of drug-likeness (QED) is 0.671. The summed E-state index contributed by atoms with van der Waals surface area (Å²) in [7, 11) is 0. The fraction of sp³-hybridized carbons (Fsp3) is 1.00. The normalized spacial score (nSPS) is 36.2. The molecule has 0 spiro atoms. The van der Waals surface area contributed by atoms with Gasteiger partial charge in [-0.3, -0.25) is 0 Å². The van der Waals surface area contributed by atoms with Gasteiger partial charge in [0.25, 0.3) is 0 Å². The predicted octanol–water partition coefficient (Wildman–Crippen LogP) is 4.68. The Morgan fingerprint density at radius 2 is 1.62 bits per heavy atom. The van der Waals surface area contributed by atoms with Crippen molar-refractivity contribution in [3.8, 4) is 0 Å². The van der Waals surface area contributed by atoms with E-state index in [1.807, 2.05) is 0 Å². The van der Waals surface area contributed by atoms with Crippen LogP contribution >= 0.6 is 15.9 Å². The highest BCUT2D eigenvalue weighted by Gasteiger charge is 2.31. The lowest BCUT2D eigenvalue weighted by Gasteiger charge is -2.37. The van der Waals surface area contributed by atoms with Crippen molar-refractivity contribution in [2.24, 2.45) is 5.41 Å². The summed E-state index contributed by atoms with van der Waals surface area (Å²) < 4.78 is 6.29.